The molecule has 1 saturated carbocycles. The normalized spacial score (nSPS) is 27.6. The standard InChI is InChI=1S/C22H27NO.C4H6O6/c1-3-16(2)9-12-23-13-11-22-10-5-4-6-19(22)21(23)14-17-7-8-18(24)15-20(17)22;5-1(3(7)8)2(6)4(9)10/h1,7-9,15,19,21,24H,4-6,10-14H2,2H3;1-2,5-6H,(H,7,8)(H,9,10)/b16-9+;/t19-,21+,22+;1-,2-/m01/s1. The molecule has 0 aromatic heterocycles. The average Bonchev–Trinajstić information content (AvgIpc) is 2.83. The first kappa shape index (κ1) is 25.8. The first-order valence-electron chi connectivity index (χ1n) is 11.6. The number of hydrogen-bond donors (Lipinski definition) is 5. The van der Waals surface area contributed by atoms with E-state index in [1.165, 1.54) is 43.2 Å². The van der Waals surface area contributed by atoms with E-state index in [4.69, 9.17) is 26.8 Å². The monoisotopic (exact) mass is 471 g/mol. The number of piperidine rings is 1. The maximum atomic E-state index is 10.1. The molecule has 3 aliphatic rings. The molecule has 1 aromatic carbocycles. The molecule has 34 heavy (non-hydrogen) atoms. The fourth-order valence-corrected chi connectivity index (χ4v) is 5.88. The average molecular weight is 472 g/mol. The van der Waals surface area contributed by atoms with Crippen LogP contribution in [0.3, 0.4) is 0 Å². The molecule has 2 fully saturated rings. The maximum absolute atomic E-state index is 10.1. The second-order valence-corrected chi connectivity index (χ2v) is 9.46. The molecule has 2 bridgehead atoms. The Balaban J connectivity index is 0.000000277. The van der Waals surface area contributed by atoms with E-state index in [9.17, 15) is 14.7 Å². The number of carboxylic acids is 2. The van der Waals surface area contributed by atoms with Gasteiger partial charge in [0.05, 0.1) is 0 Å². The van der Waals surface area contributed by atoms with E-state index in [2.05, 4.69) is 29.0 Å². The van der Waals surface area contributed by atoms with Crippen LogP contribution in [0.1, 0.15) is 50.2 Å². The SMILES string of the molecule is C#C/C(C)=C/CN1CC[C@]23CCCC[C@H]2[C@H]1Cc1ccc(O)cc13.O=C(O)[C@H](O)[C@@H](O)C(=O)O. The Labute approximate surface area is 199 Å². The smallest absolute Gasteiger partial charge is 0.335 e. The number of aromatic hydroxyl groups is 1. The van der Waals surface area contributed by atoms with Gasteiger partial charge in [-0.3, -0.25) is 4.90 Å². The molecular formula is C26H33NO7. The second-order valence-electron chi connectivity index (χ2n) is 9.46. The molecule has 184 valence electrons. The van der Waals surface area contributed by atoms with E-state index in [1.54, 1.807) is 0 Å². The number of aliphatic hydroxyl groups excluding tert-OH is 2. The molecule has 0 amide bonds. The predicted molar refractivity (Wildman–Crippen MR) is 125 cm³/mol. The number of terminal acetylenes is 1. The van der Waals surface area contributed by atoms with Crippen molar-refractivity contribution in [3.8, 4) is 18.1 Å². The highest BCUT2D eigenvalue weighted by Crippen LogP contribution is 2.56. The number of phenolic OH excluding ortho intramolecular Hbond substituents is 1. The van der Waals surface area contributed by atoms with Gasteiger partial charge in [0.25, 0.3) is 0 Å². The Morgan fingerprint density at radius 1 is 1.21 bits per heavy atom. The number of fused-ring (bicyclic) bond motifs is 1. The summed E-state index contributed by atoms with van der Waals surface area (Å²) in [5, 5.41) is 42.6. The molecule has 5 N–H and O–H groups in total. The third-order valence-corrected chi connectivity index (χ3v) is 7.60. The molecule has 1 heterocycles. The maximum Gasteiger partial charge on any atom is 0.335 e. The summed E-state index contributed by atoms with van der Waals surface area (Å²) in [4.78, 5) is 22.2. The molecule has 2 aliphatic carbocycles. The Hall–Kier alpha value is -2.86. The van der Waals surface area contributed by atoms with E-state index in [0.29, 0.717) is 17.2 Å². The van der Waals surface area contributed by atoms with Crippen LogP contribution in [0, 0.1) is 18.3 Å². The molecule has 1 aromatic rings. The second kappa shape index (κ2) is 10.6. The van der Waals surface area contributed by atoms with Gasteiger partial charge >= 0.3 is 11.9 Å². The molecule has 8 nitrogen and oxygen atoms in total. The van der Waals surface area contributed by atoms with E-state index < -0.39 is 24.1 Å². The number of allylic oxidation sites excluding steroid dienone is 1. The van der Waals surface area contributed by atoms with Gasteiger partial charge in [-0.1, -0.05) is 30.9 Å². The topological polar surface area (TPSA) is 139 Å². The number of carbonyl (C=O) groups is 2. The van der Waals surface area contributed by atoms with Crippen molar-refractivity contribution in [2.45, 2.75) is 69.1 Å². The number of benzene rings is 1. The van der Waals surface area contributed by atoms with Crippen LogP contribution in [0.25, 0.3) is 0 Å². The summed E-state index contributed by atoms with van der Waals surface area (Å²) in [5.74, 6) is 0.368. The Bertz CT molecular complexity index is 979. The molecule has 0 unspecified atom stereocenters. The molecule has 1 aliphatic heterocycles. The lowest BCUT2D eigenvalue weighted by atomic mass is 9.52. The van der Waals surface area contributed by atoms with Gasteiger partial charge in [0, 0.05) is 18.0 Å². The van der Waals surface area contributed by atoms with Crippen LogP contribution in [-0.4, -0.2) is 73.7 Å². The molecule has 1 saturated heterocycles. The summed E-state index contributed by atoms with van der Waals surface area (Å²) in [6.07, 6.45) is 10.8. The minimum atomic E-state index is -2.27. The number of phenols is 1. The molecule has 8 heteroatoms. The molecule has 0 spiro atoms. The molecular weight excluding hydrogens is 438 g/mol. The van der Waals surface area contributed by atoms with E-state index >= 15 is 0 Å². The first-order chi connectivity index (χ1) is 16.1. The van der Waals surface area contributed by atoms with Crippen LogP contribution in [0.15, 0.2) is 29.8 Å². The largest absolute Gasteiger partial charge is 0.508 e. The zero-order valence-electron chi connectivity index (χ0n) is 19.4. The number of carboxylic acid groups (broad SMARTS) is 2. The van der Waals surface area contributed by atoms with Gasteiger partial charge in [0.15, 0.2) is 12.2 Å². The molecule has 5 atom stereocenters. The van der Waals surface area contributed by atoms with Crippen molar-refractivity contribution in [1.82, 2.24) is 4.90 Å². The van der Waals surface area contributed by atoms with Crippen molar-refractivity contribution < 1.29 is 35.1 Å². The van der Waals surface area contributed by atoms with Crippen molar-refractivity contribution in [1.29, 1.82) is 0 Å². The summed E-state index contributed by atoms with van der Waals surface area (Å²) in [6.45, 7) is 4.14. The first-order valence-corrected chi connectivity index (χ1v) is 11.6. The minimum absolute atomic E-state index is 0.302. The highest BCUT2D eigenvalue weighted by molar-refractivity contribution is 5.83. The fourth-order valence-electron chi connectivity index (χ4n) is 5.88. The van der Waals surface area contributed by atoms with E-state index in [1.807, 2.05) is 13.0 Å². The van der Waals surface area contributed by atoms with Crippen molar-refractivity contribution in [2.75, 3.05) is 13.1 Å². The van der Waals surface area contributed by atoms with Gasteiger partial charge < -0.3 is 25.5 Å². The Morgan fingerprint density at radius 2 is 1.88 bits per heavy atom. The third-order valence-electron chi connectivity index (χ3n) is 7.60. The molecule has 0 radical (unpaired) electrons. The van der Waals surface area contributed by atoms with Gasteiger partial charge in [-0.05, 0) is 73.9 Å². The number of likely N-dealkylation sites (tertiary alicyclic amines) is 1. The van der Waals surface area contributed by atoms with Crippen molar-refractivity contribution >= 4 is 11.9 Å². The van der Waals surface area contributed by atoms with Crippen LogP contribution in [0.5, 0.6) is 5.75 Å². The molecule has 4 rings (SSSR count). The quantitative estimate of drug-likeness (QED) is 0.411. The summed E-state index contributed by atoms with van der Waals surface area (Å²) in [7, 11) is 0. The number of rotatable bonds is 5. The summed E-state index contributed by atoms with van der Waals surface area (Å²) >= 11 is 0. The summed E-state index contributed by atoms with van der Waals surface area (Å²) in [6, 6.07) is 6.72. The van der Waals surface area contributed by atoms with Crippen molar-refractivity contribution in [3.05, 3.63) is 41.0 Å². The Morgan fingerprint density at radius 3 is 2.50 bits per heavy atom. The number of aliphatic carboxylic acids is 2. The van der Waals surface area contributed by atoms with Crippen LogP contribution in [-0.2, 0) is 21.4 Å². The lowest BCUT2D eigenvalue weighted by Crippen LogP contribution is -2.60. The summed E-state index contributed by atoms with van der Waals surface area (Å²) < 4.78 is 0. The van der Waals surface area contributed by atoms with E-state index in [0.717, 1.165) is 31.0 Å². The highest BCUT2D eigenvalue weighted by atomic mass is 16.4. The lowest BCUT2D eigenvalue weighted by molar-refractivity contribution is -0.165. The summed E-state index contributed by atoms with van der Waals surface area (Å²) in [5.41, 5.74) is 4.25. The van der Waals surface area contributed by atoms with Crippen LogP contribution >= 0.6 is 0 Å². The third kappa shape index (κ3) is 5.12. The minimum Gasteiger partial charge on any atom is -0.508 e. The van der Waals surface area contributed by atoms with Gasteiger partial charge in [0.2, 0.25) is 0 Å². The lowest BCUT2D eigenvalue weighted by Gasteiger charge is -2.59. The van der Waals surface area contributed by atoms with Crippen molar-refractivity contribution in [2.24, 2.45) is 5.92 Å². The van der Waals surface area contributed by atoms with Crippen molar-refractivity contribution in [3.63, 3.8) is 0 Å². The van der Waals surface area contributed by atoms with Gasteiger partial charge in [-0.25, -0.2) is 9.59 Å². The van der Waals surface area contributed by atoms with E-state index in [-0.39, 0.29) is 0 Å². The fraction of sp³-hybridized carbons (Fsp3) is 0.538. The van der Waals surface area contributed by atoms with Crippen LogP contribution < -0.4 is 0 Å². The zero-order valence-corrected chi connectivity index (χ0v) is 19.4. The van der Waals surface area contributed by atoms with Crippen LogP contribution in [0.4, 0.5) is 0 Å². The van der Waals surface area contributed by atoms with Crippen LogP contribution in [0.2, 0.25) is 0 Å². The number of hydrogen-bond acceptors (Lipinski definition) is 6. The highest BCUT2D eigenvalue weighted by Gasteiger charge is 2.53. The number of aliphatic hydroxyl groups is 2. The number of nitrogens with zero attached hydrogens (tertiary/aromatic N) is 1. The zero-order chi connectivity index (χ0) is 25.0. The van der Waals surface area contributed by atoms with Gasteiger partial charge in [-0.2, -0.15) is 0 Å². The van der Waals surface area contributed by atoms with Gasteiger partial charge in [-0.15, -0.1) is 6.42 Å². The Kier molecular flexibility index (Phi) is 8.03. The predicted octanol–water partition coefficient (Wildman–Crippen LogP) is 1.91. The van der Waals surface area contributed by atoms with Gasteiger partial charge in [0.1, 0.15) is 5.75 Å².